The highest BCUT2D eigenvalue weighted by atomic mass is 32.1. The van der Waals surface area contributed by atoms with Gasteiger partial charge in [0.05, 0.1) is 0 Å². The zero-order chi connectivity index (χ0) is 15.8. The molecule has 5 nitrogen and oxygen atoms in total. The quantitative estimate of drug-likeness (QED) is 0.633. The van der Waals surface area contributed by atoms with Crippen LogP contribution in [-0.2, 0) is 13.0 Å². The molecular weight excluding hydrogens is 294 g/mol. The molecule has 0 fully saturated rings. The molecule has 0 aliphatic carbocycles. The number of nitrogens with one attached hydrogen (secondary N) is 2. The molecule has 0 saturated carbocycles. The third-order valence-electron chi connectivity index (χ3n) is 3.20. The Labute approximate surface area is 136 Å². The summed E-state index contributed by atoms with van der Waals surface area (Å²) in [7, 11) is 5.79. The summed E-state index contributed by atoms with van der Waals surface area (Å²) in [5.41, 5.74) is 1.15. The van der Waals surface area contributed by atoms with Gasteiger partial charge in [0.1, 0.15) is 5.82 Å². The summed E-state index contributed by atoms with van der Waals surface area (Å²) in [6.45, 7) is 1.56. The maximum absolute atomic E-state index is 4.40. The number of thiophene rings is 1. The summed E-state index contributed by atoms with van der Waals surface area (Å²) < 4.78 is 0. The summed E-state index contributed by atoms with van der Waals surface area (Å²) in [6, 6.07) is 8.27. The Morgan fingerprint density at radius 2 is 2.14 bits per heavy atom. The number of rotatable bonds is 6. The first-order chi connectivity index (χ1) is 10.7. The van der Waals surface area contributed by atoms with Crippen molar-refractivity contribution in [1.82, 2.24) is 15.6 Å². The third kappa shape index (κ3) is 4.73. The second kappa shape index (κ2) is 8.38. The summed E-state index contributed by atoms with van der Waals surface area (Å²) >= 11 is 1.78. The lowest BCUT2D eigenvalue weighted by Crippen LogP contribution is -2.38. The van der Waals surface area contributed by atoms with E-state index in [1.165, 1.54) is 4.88 Å². The third-order valence-corrected chi connectivity index (χ3v) is 4.14. The molecule has 2 heterocycles. The summed E-state index contributed by atoms with van der Waals surface area (Å²) in [5.74, 6) is 1.79. The van der Waals surface area contributed by atoms with Crippen LogP contribution in [0.25, 0.3) is 0 Å². The molecule has 0 atom stereocenters. The average molecular weight is 317 g/mol. The molecule has 0 aliphatic rings. The highest BCUT2D eigenvalue weighted by Gasteiger charge is 2.06. The molecule has 118 valence electrons. The van der Waals surface area contributed by atoms with Gasteiger partial charge >= 0.3 is 0 Å². The predicted molar refractivity (Wildman–Crippen MR) is 94.8 cm³/mol. The van der Waals surface area contributed by atoms with E-state index in [1.54, 1.807) is 18.4 Å². The van der Waals surface area contributed by atoms with Gasteiger partial charge in [0.15, 0.2) is 5.96 Å². The minimum atomic E-state index is 0.694. The highest BCUT2D eigenvalue weighted by molar-refractivity contribution is 7.09. The van der Waals surface area contributed by atoms with Gasteiger partial charge in [0, 0.05) is 50.9 Å². The molecule has 0 saturated heterocycles. The van der Waals surface area contributed by atoms with Gasteiger partial charge in [-0.05, 0) is 23.9 Å². The maximum atomic E-state index is 4.40. The van der Waals surface area contributed by atoms with Crippen LogP contribution in [0.2, 0.25) is 0 Å². The van der Waals surface area contributed by atoms with Crippen molar-refractivity contribution in [2.75, 3.05) is 32.6 Å². The molecule has 0 bridgehead atoms. The molecule has 6 heteroatoms. The second-order valence-electron chi connectivity index (χ2n) is 5.06. The lowest BCUT2D eigenvalue weighted by atomic mass is 10.2. The largest absolute Gasteiger partial charge is 0.362 e. The Balaban J connectivity index is 1.84. The van der Waals surface area contributed by atoms with E-state index in [2.05, 4.69) is 44.2 Å². The fourth-order valence-electron chi connectivity index (χ4n) is 2.13. The lowest BCUT2D eigenvalue weighted by molar-refractivity contribution is 0.795. The maximum Gasteiger partial charge on any atom is 0.191 e. The van der Waals surface area contributed by atoms with Gasteiger partial charge in [-0.2, -0.15) is 0 Å². The van der Waals surface area contributed by atoms with E-state index in [4.69, 9.17) is 0 Å². The zero-order valence-corrected chi connectivity index (χ0v) is 14.2. The molecule has 2 aromatic rings. The van der Waals surface area contributed by atoms with Crippen molar-refractivity contribution in [1.29, 1.82) is 0 Å². The van der Waals surface area contributed by atoms with Gasteiger partial charge in [-0.1, -0.05) is 12.1 Å². The number of aromatic nitrogens is 1. The molecule has 0 aliphatic heterocycles. The van der Waals surface area contributed by atoms with E-state index in [9.17, 15) is 0 Å². The average Bonchev–Trinajstić information content (AvgIpc) is 3.04. The van der Waals surface area contributed by atoms with Gasteiger partial charge in [0.25, 0.3) is 0 Å². The topological polar surface area (TPSA) is 52.6 Å². The molecule has 0 aromatic carbocycles. The van der Waals surface area contributed by atoms with Gasteiger partial charge < -0.3 is 15.5 Å². The Bertz CT molecular complexity index is 592. The standard InChI is InChI=1S/C16H23N5S/c1-17-16(19-10-8-14-7-5-11-22-14)20-12-13-6-4-9-18-15(13)21(2)3/h4-7,9,11H,8,10,12H2,1-3H3,(H2,17,19,20). The number of aliphatic imine (C=N–C) groups is 1. The zero-order valence-electron chi connectivity index (χ0n) is 13.3. The van der Waals surface area contributed by atoms with Crippen LogP contribution in [0, 0.1) is 0 Å². The number of hydrogen-bond acceptors (Lipinski definition) is 4. The van der Waals surface area contributed by atoms with E-state index in [0.29, 0.717) is 6.54 Å². The number of pyridine rings is 1. The van der Waals surface area contributed by atoms with E-state index in [-0.39, 0.29) is 0 Å². The van der Waals surface area contributed by atoms with E-state index < -0.39 is 0 Å². The molecule has 2 N–H and O–H groups in total. The summed E-state index contributed by atoms with van der Waals surface area (Å²) in [5, 5.41) is 8.78. The van der Waals surface area contributed by atoms with Gasteiger partial charge in [-0.3, -0.25) is 4.99 Å². The SMILES string of the molecule is CN=C(NCCc1cccs1)NCc1cccnc1N(C)C. The van der Waals surface area contributed by atoms with Crippen LogP contribution in [0.4, 0.5) is 5.82 Å². The number of hydrogen-bond donors (Lipinski definition) is 2. The lowest BCUT2D eigenvalue weighted by Gasteiger charge is -2.17. The Hall–Kier alpha value is -2.08. The van der Waals surface area contributed by atoms with Crippen LogP contribution in [0.15, 0.2) is 40.8 Å². The first-order valence-corrected chi connectivity index (χ1v) is 8.17. The van der Waals surface area contributed by atoms with Crippen LogP contribution < -0.4 is 15.5 Å². The summed E-state index contributed by atoms with van der Waals surface area (Å²) in [6.07, 6.45) is 2.82. The molecule has 0 spiro atoms. The molecular formula is C16H23N5S. The highest BCUT2D eigenvalue weighted by Crippen LogP contribution is 2.13. The Morgan fingerprint density at radius 1 is 1.27 bits per heavy atom. The van der Waals surface area contributed by atoms with E-state index in [0.717, 1.165) is 30.3 Å². The van der Waals surface area contributed by atoms with Crippen LogP contribution in [0.5, 0.6) is 0 Å². The Morgan fingerprint density at radius 3 is 2.82 bits per heavy atom. The Kier molecular flexibility index (Phi) is 6.21. The van der Waals surface area contributed by atoms with Gasteiger partial charge in [-0.25, -0.2) is 4.98 Å². The molecule has 22 heavy (non-hydrogen) atoms. The smallest absolute Gasteiger partial charge is 0.191 e. The van der Waals surface area contributed by atoms with Crippen LogP contribution in [0.1, 0.15) is 10.4 Å². The van der Waals surface area contributed by atoms with E-state index >= 15 is 0 Å². The minimum absolute atomic E-state index is 0.694. The van der Waals surface area contributed by atoms with Crippen LogP contribution in [0.3, 0.4) is 0 Å². The van der Waals surface area contributed by atoms with Crippen LogP contribution >= 0.6 is 11.3 Å². The normalized spacial score (nSPS) is 11.3. The molecule has 2 rings (SSSR count). The molecule has 0 amide bonds. The summed E-state index contributed by atoms with van der Waals surface area (Å²) in [4.78, 5) is 12.1. The first-order valence-electron chi connectivity index (χ1n) is 7.29. The minimum Gasteiger partial charge on any atom is -0.362 e. The van der Waals surface area contributed by atoms with Crippen molar-refractivity contribution in [3.8, 4) is 0 Å². The molecule has 2 aromatic heterocycles. The fourth-order valence-corrected chi connectivity index (χ4v) is 2.84. The van der Waals surface area contributed by atoms with E-state index in [1.807, 2.05) is 31.3 Å². The van der Waals surface area contributed by atoms with Crippen molar-refractivity contribution in [2.45, 2.75) is 13.0 Å². The monoisotopic (exact) mass is 317 g/mol. The van der Waals surface area contributed by atoms with Crippen molar-refractivity contribution >= 4 is 23.1 Å². The first kappa shape index (κ1) is 16.3. The van der Waals surface area contributed by atoms with Crippen molar-refractivity contribution in [3.63, 3.8) is 0 Å². The molecule has 0 radical (unpaired) electrons. The predicted octanol–water partition coefficient (Wildman–Crippen LogP) is 2.12. The van der Waals surface area contributed by atoms with Crippen LogP contribution in [-0.4, -0.2) is 38.6 Å². The number of nitrogens with zero attached hydrogens (tertiary/aromatic N) is 3. The van der Waals surface area contributed by atoms with Gasteiger partial charge in [-0.15, -0.1) is 11.3 Å². The number of guanidine groups is 1. The fraction of sp³-hybridized carbons (Fsp3) is 0.375. The number of anilines is 1. The van der Waals surface area contributed by atoms with Gasteiger partial charge in [0.2, 0.25) is 0 Å². The van der Waals surface area contributed by atoms with Crippen molar-refractivity contribution in [2.24, 2.45) is 4.99 Å². The van der Waals surface area contributed by atoms with Crippen molar-refractivity contribution in [3.05, 3.63) is 46.3 Å². The molecule has 0 unspecified atom stereocenters. The second-order valence-corrected chi connectivity index (χ2v) is 6.09. The van der Waals surface area contributed by atoms with Crippen molar-refractivity contribution < 1.29 is 0 Å².